The second-order valence-electron chi connectivity index (χ2n) is 4.83. The summed E-state index contributed by atoms with van der Waals surface area (Å²) < 4.78 is 0. The molecule has 21 heavy (non-hydrogen) atoms. The molecule has 2 rings (SSSR count). The highest BCUT2D eigenvalue weighted by atomic mass is 35.5. The first-order valence-corrected chi connectivity index (χ1v) is 7.28. The van der Waals surface area contributed by atoms with E-state index in [2.05, 4.69) is 10.7 Å². The molecule has 114 valence electrons. The number of rotatable bonds is 2. The summed E-state index contributed by atoms with van der Waals surface area (Å²) in [4.78, 5) is 25.2. The molecular weight excluding hydrogens is 315 g/mol. The molecule has 0 radical (unpaired) electrons. The number of nitrogens with two attached hydrogens (primary N) is 1. The zero-order valence-corrected chi connectivity index (χ0v) is 12.7. The normalized spacial score (nSPS) is 15.7. The van der Waals surface area contributed by atoms with E-state index < -0.39 is 0 Å². The van der Waals surface area contributed by atoms with Gasteiger partial charge in [-0.2, -0.15) is 0 Å². The molecule has 0 spiro atoms. The number of benzene rings is 1. The van der Waals surface area contributed by atoms with Crippen LogP contribution < -0.4 is 16.6 Å². The van der Waals surface area contributed by atoms with Crippen LogP contribution in [0.4, 0.5) is 10.5 Å². The predicted octanol–water partition coefficient (Wildman–Crippen LogP) is 2.23. The highest BCUT2D eigenvalue weighted by Crippen LogP contribution is 2.25. The van der Waals surface area contributed by atoms with E-state index in [1.807, 2.05) is 0 Å². The molecular formula is C13H16Cl2N4O2. The van der Waals surface area contributed by atoms with Crippen LogP contribution in [0.25, 0.3) is 0 Å². The van der Waals surface area contributed by atoms with Crippen LogP contribution in [0.3, 0.4) is 0 Å². The predicted molar refractivity (Wildman–Crippen MR) is 82.1 cm³/mol. The van der Waals surface area contributed by atoms with E-state index in [0.717, 1.165) is 0 Å². The van der Waals surface area contributed by atoms with Gasteiger partial charge >= 0.3 is 6.03 Å². The standard InChI is InChI=1S/C13H16Cl2N4O2/c14-10-2-1-9(7-11(10)15)17-13(21)19-5-3-8(4-6-19)12(20)18-16/h1-2,7-8H,3-6,16H2,(H,17,21)(H,18,20). The van der Waals surface area contributed by atoms with Crippen LogP contribution in [0.2, 0.25) is 10.0 Å². The number of hydrogen-bond donors (Lipinski definition) is 3. The number of carbonyl (C=O) groups is 2. The van der Waals surface area contributed by atoms with Crippen molar-refractivity contribution in [2.75, 3.05) is 18.4 Å². The van der Waals surface area contributed by atoms with E-state index in [4.69, 9.17) is 29.0 Å². The van der Waals surface area contributed by atoms with Crippen LogP contribution in [0.5, 0.6) is 0 Å². The number of hydrogen-bond acceptors (Lipinski definition) is 3. The molecule has 1 fully saturated rings. The maximum absolute atomic E-state index is 12.1. The molecule has 0 atom stereocenters. The molecule has 4 N–H and O–H groups in total. The second kappa shape index (κ2) is 6.98. The van der Waals surface area contributed by atoms with Gasteiger partial charge in [0.05, 0.1) is 10.0 Å². The van der Waals surface area contributed by atoms with Crippen molar-refractivity contribution in [1.82, 2.24) is 10.3 Å². The van der Waals surface area contributed by atoms with Gasteiger partial charge in [0.15, 0.2) is 0 Å². The van der Waals surface area contributed by atoms with Crippen LogP contribution in [0.1, 0.15) is 12.8 Å². The molecule has 1 aromatic carbocycles. The maximum Gasteiger partial charge on any atom is 0.321 e. The zero-order chi connectivity index (χ0) is 15.4. The summed E-state index contributed by atoms with van der Waals surface area (Å²) in [5.41, 5.74) is 2.72. The lowest BCUT2D eigenvalue weighted by Crippen LogP contribution is -2.45. The fourth-order valence-corrected chi connectivity index (χ4v) is 2.54. The van der Waals surface area contributed by atoms with Crippen molar-refractivity contribution in [1.29, 1.82) is 0 Å². The second-order valence-corrected chi connectivity index (χ2v) is 5.64. The summed E-state index contributed by atoms with van der Waals surface area (Å²) in [5, 5.41) is 3.57. The lowest BCUT2D eigenvalue weighted by atomic mass is 9.96. The van der Waals surface area contributed by atoms with Crippen LogP contribution in [0, 0.1) is 5.92 Å². The van der Waals surface area contributed by atoms with E-state index in [9.17, 15) is 9.59 Å². The number of urea groups is 1. The Bertz CT molecular complexity index is 545. The third-order valence-corrected chi connectivity index (χ3v) is 4.21. The Balaban J connectivity index is 1.90. The Morgan fingerprint density at radius 2 is 1.86 bits per heavy atom. The average molecular weight is 331 g/mol. The number of likely N-dealkylation sites (tertiary alicyclic amines) is 1. The molecule has 0 aromatic heterocycles. The van der Waals surface area contributed by atoms with Gasteiger partial charge in [0.2, 0.25) is 5.91 Å². The van der Waals surface area contributed by atoms with Crippen LogP contribution in [-0.4, -0.2) is 29.9 Å². The van der Waals surface area contributed by atoms with E-state index in [1.54, 1.807) is 23.1 Å². The lowest BCUT2D eigenvalue weighted by molar-refractivity contribution is -0.126. The summed E-state index contributed by atoms with van der Waals surface area (Å²) in [6.45, 7) is 1.01. The minimum atomic E-state index is -0.222. The first-order chi connectivity index (χ1) is 10.0. The topological polar surface area (TPSA) is 87.5 Å². The third-order valence-electron chi connectivity index (χ3n) is 3.47. The number of amides is 3. The summed E-state index contributed by atoms with van der Waals surface area (Å²) in [7, 11) is 0. The third kappa shape index (κ3) is 4.00. The number of carbonyl (C=O) groups excluding carboxylic acids is 2. The molecule has 3 amide bonds. The van der Waals surface area contributed by atoms with Crippen LogP contribution in [-0.2, 0) is 4.79 Å². The van der Waals surface area contributed by atoms with Crippen molar-refractivity contribution in [3.63, 3.8) is 0 Å². The van der Waals surface area contributed by atoms with Gasteiger partial charge in [0, 0.05) is 24.7 Å². The Hall–Kier alpha value is -1.50. The number of piperidine rings is 1. The molecule has 0 aliphatic carbocycles. The number of nitrogens with one attached hydrogen (secondary N) is 2. The van der Waals surface area contributed by atoms with Crippen molar-refractivity contribution >= 4 is 40.8 Å². The summed E-state index contributed by atoms with van der Waals surface area (Å²) in [6, 6.07) is 4.68. The van der Waals surface area contributed by atoms with Crippen LogP contribution in [0.15, 0.2) is 18.2 Å². The number of nitrogens with zero attached hydrogens (tertiary/aromatic N) is 1. The molecule has 8 heteroatoms. The first kappa shape index (κ1) is 15.9. The van der Waals surface area contributed by atoms with Crippen molar-refractivity contribution in [3.8, 4) is 0 Å². The van der Waals surface area contributed by atoms with E-state index in [-0.39, 0.29) is 17.9 Å². The fourth-order valence-electron chi connectivity index (χ4n) is 2.24. The van der Waals surface area contributed by atoms with Crippen molar-refractivity contribution in [3.05, 3.63) is 28.2 Å². The Kier molecular flexibility index (Phi) is 5.27. The van der Waals surface area contributed by atoms with Gasteiger partial charge in [-0.3, -0.25) is 10.2 Å². The number of anilines is 1. The smallest absolute Gasteiger partial charge is 0.321 e. The first-order valence-electron chi connectivity index (χ1n) is 6.52. The zero-order valence-electron chi connectivity index (χ0n) is 11.2. The van der Waals surface area contributed by atoms with Gasteiger partial charge in [0.1, 0.15) is 0 Å². The molecule has 1 saturated heterocycles. The molecule has 1 aliphatic heterocycles. The van der Waals surface area contributed by atoms with Gasteiger partial charge < -0.3 is 10.2 Å². The Labute approximate surface area is 132 Å². The summed E-state index contributed by atoms with van der Waals surface area (Å²) in [6.07, 6.45) is 1.19. The quantitative estimate of drug-likeness (QED) is 0.441. The minimum absolute atomic E-state index is 0.135. The molecule has 1 heterocycles. The summed E-state index contributed by atoms with van der Waals surface area (Å²) in [5.74, 6) is 4.79. The molecule has 6 nitrogen and oxygen atoms in total. The van der Waals surface area contributed by atoms with Gasteiger partial charge in [-0.05, 0) is 31.0 Å². The van der Waals surface area contributed by atoms with Crippen LogP contribution >= 0.6 is 23.2 Å². The van der Waals surface area contributed by atoms with E-state index in [0.29, 0.717) is 41.7 Å². The minimum Gasteiger partial charge on any atom is -0.324 e. The summed E-state index contributed by atoms with van der Waals surface area (Å²) >= 11 is 11.7. The van der Waals surface area contributed by atoms with Gasteiger partial charge in [-0.1, -0.05) is 23.2 Å². The van der Waals surface area contributed by atoms with Gasteiger partial charge in [-0.15, -0.1) is 0 Å². The molecule has 1 aromatic rings. The van der Waals surface area contributed by atoms with E-state index in [1.165, 1.54) is 0 Å². The molecule has 1 aliphatic rings. The number of hydrazine groups is 1. The molecule has 0 bridgehead atoms. The monoisotopic (exact) mass is 330 g/mol. The maximum atomic E-state index is 12.1. The lowest BCUT2D eigenvalue weighted by Gasteiger charge is -2.31. The molecule has 0 unspecified atom stereocenters. The largest absolute Gasteiger partial charge is 0.324 e. The van der Waals surface area contributed by atoms with Crippen molar-refractivity contribution < 1.29 is 9.59 Å². The fraction of sp³-hybridized carbons (Fsp3) is 0.385. The van der Waals surface area contributed by atoms with Crippen molar-refractivity contribution in [2.45, 2.75) is 12.8 Å². The number of halogens is 2. The average Bonchev–Trinajstić information content (AvgIpc) is 2.50. The highest BCUT2D eigenvalue weighted by molar-refractivity contribution is 6.42. The molecule has 0 saturated carbocycles. The van der Waals surface area contributed by atoms with Crippen molar-refractivity contribution in [2.24, 2.45) is 11.8 Å². The highest BCUT2D eigenvalue weighted by Gasteiger charge is 2.26. The van der Waals surface area contributed by atoms with Gasteiger partial charge in [-0.25, -0.2) is 10.6 Å². The van der Waals surface area contributed by atoms with E-state index >= 15 is 0 Å². The van der Waals surface area contributed by atoms with Gasteiger partial charge in [0.25, 0.3) is 0 Å². The SMILES string of the molecule is NNC(=O)C1CCN(C(=O)Nc2ccc(Cl)c(Cl)c2)CC1. The Morgan fingerprint density at radius 3 is 2.43 bits per heavy atom. The Morgan fingerprint density at radius 1 is 1.19 bits per heavy atom.